The maximum atomic E-state index is 11.1. The molecular weight excluding hydrogens is 244 g/mol. The quantitative estimate of drug-likeness (QED) is 0.820. The van der Waals surface area contributed by atoms with Crippen molar-refractivity contribution >= 4 is 22.8 Å². The van der Waals surface area contributed by atoms with E-state index in [9.17, 15) is 4.79 Å². The van der Waals surface area contributed by atoms with E-state index in [-0.39, 0.29) is 6.54 Å². The number of aliphatic carboxylic acids is 1. The minimum absolute atomic E-state index is 0.237. The second-order valence-corrected chi connectivity index (χ2v) is 4.86. The van der Waals surface area contributed by atoms with Crippen molar-refractivity contribution in [1.29, 1.82) is 0 Å². The number of anilines is 1. The number of fused-ring (bicyclic) bond motifs is 1. The maximum absolute atomic E-state index is 11.1. The predicted octanol–water partition coefficient (Wildman–Crippen LogP) is 0.622. The third-order valence-corrected chi connectivity index (χ3v) is 3.49. The molecule has 0 spiro atoms. The lowest BCUT2D eigenvalue weighted by molar-refractivity contribution is -0.142. The molecule has 6 heteroatoms. The molecule has 1 aliphatic heterocycles. The van der Waals surface area contributed by atoms with Gasteiger partial charge in [-0.1, -0.05) is 18.2 Å². The number of para-hydroxylation sites is 1. The van der Waals surface area contributed by atoms with Crippen molar-refractivity contribution in [1.82, 2.24) is 9.97 Å². The van der Waals surface area contributed by atoms with Crippen molar-refractivity contribution < 1.29 is 9.90 Å². The fraction of sp³-hybridized carbons (Fsp3) is 0.308. The van der Waals surface area contributed by atoms with Crippen molar-refractivity contribution in [3.8, 4) is 0 Å². The van der Waals surface area contributed by atoms with E-state index < -0.39 is 11.5 Å². The van der Waals surface area contributed by atoms with Gasteiger partial charge < -0.3 is 15.7 Å². The normalized spacial score (nSPS) is 22.9. The Hall–Kier alpha value is -2.21. The summed E-state index contributed by atoms with van der Waals surface area (Å²) in [6, 6.07) is 7.68. The van der Waals surface area contributed by atoms with Crippen LogP contribution in [0.15, 0.2) is 30.5 Å². The van der Waals surface area contributed by atoms with Crippen molar-refractivity contribution in [3.05, 3.63) is 30.5 Å². The van der Waals surface area contributed by atoms with E-state index in [0.717, 1.165) is 10.9 Å². The first-order valence-corrected chi connectivity index (χ1v) is 6.07. The second kappa shape index (κ2) is 4.17. The number of carbonyl (C=O) groups is 1. The number of carboxylic acids is 1. The SMILES string of the molecule is NC1(C(=O)O)CCN(c2ncc3ccccc3n2)C1. The topological polar surface area (TPSA) is 92.3 Å². The fourth-order valence-corrected chi connectivity index (χ4v) is 2.29. The molecule has 0 amide bonds. The monoisotopic (exact) mass is 258 g/mol. The van der Waals surface area contributed by atoms with Gasteiger partial charge in [-0.05, 0) is 12.5 Å². The van der Waals surface area contributed by atoms with Crippen LogP contribution in [0.2, 0.25) is 0 Å². The average molecular weight is 258 g/mol. The first kappa shape index (κ1) is 11.9. The molecule has 2 heterocycles. The van der Waals surface area contributed by atoms with Crippen molar-refractivity contribution in [2.24, 2.45) is 5.73 Å². The van der Waals surface area contributed by atoms with E-state index in [4.69, 9.17) is 10.8 Å². The van der Waals surface area contributed by atoms with Gasteiger partial charge in [0.05, 0.1) is 5.52 Å². The summed E-state index contributed by atoms with van der Waals surface area (Å²) in [4.78, 5) is 21.7. The van der Waals surface area contributed by atoms with Crippen LogP contribution in [-0.4, -0.2) is 39.7 Å². The average Bonchev–Trinajstić information content (AvgIpc) is 2.82. The molecule has 0 bridgehead atoms. The predicted molar refractivity (Wildman–Crippen MR) is 70.9 cm³/mol. The van der Waals surface area contributed by atoms with Gasteiger partial charge >= 0.3 is 5.97 Å². The summed E-state index contributed by atoms with van der Waals surface area (Å²) in [5.41, 5.74) is 5.49. The number of hydrogen-bond donors (Lipinski definition) is 2. The van der Waals surface area contributed by atoms with Gasteiger partial charge in [-0.15, -0.1) is 0 Å². The molecule has 98 valence electrons. The molecule has 0 saturated carbocycles. The Bertz CT molecular complexity index is 645. The Labute approximate surface area is 109 Å². The number of nitrogens with zero attached hydrogens (tertiary/aromatic N) is 3. The molecule has 6 nitrogen and oxygen atoms in total. The van der Waals surface area contributed by atoms with Crippen molar-refractivity contribution in [2.45, 2.75) is 12.0 Å². The number of carboxylic acid groups (broad SMARTS) is 1. The third-order valence-electron chi connectivity index (χ3n) is 3.49. The zero-order valence-corrected chi connectivity index (χ0v) is 10.3. The fourth-order valence-electron chi connectivity index (χ4n) is 2.29. The van der Waals surface area contributed by atoms with Crippen LogP contribution in [0.3, 0.4) is 0 Å². The molecule has 0 radical (unpaired) electrons. The van der Waals surface area contributed by atoms with E-state index in [1.807, 2.05) is 29.2 Å². The summed E-state index contributed by atoms with van der Waals surface area (Å²) < 4.78 is 0. The van der Waals surface area contributed by atoms with Crippen LogP contribution in [0.25, 0.3) is 10.9 Å². The smallest absolute Gasteiger partial charge is 0.325 e. The van der Waals surface area contributed by atoms with Gasteiger partial charge in [0.2, 0.25) is 5.95 Å². The first-order valence-electron chi connectivity index (χ1n) is 6.07. The van der Waals surface area contributed by atoms with Gasteiger partial charge in [-0.3, -0.25) is 4.79 Å². The first-order chi connectivity index (χ1) is 9.08. The van der Waals surface area contributed by atoms with Crippen LogP contribution in [0, 0.1) is 0 Å². The minimum Gasteiger partial charge on any atom is -0.480 e. The van der Waals surface area contributed by atoms with Crippen LogP contribution in [0.1, 0.15) is 6.42 Å². The molecule has 3 rings (SSSR count). The molecule has 1 atom stereocenters. The van der Waals surface area contributed by atoms with E-state index in [1.54, 1.807) is 6.20 Å². The van der Waals surface area contributed by atoms with Crippen LogP contribution in [0.4, 0.5) is 5.95 Å². The number of hydrogen-bond acceptors (Lipinski definition) is 5. The molecule has 1 saturated heterocycles. The molecule has 1 aromatic heterocycles. The zero-order valence-electron chi connectivity index (χ0n) is 10.3. The van der Waals surface area contributed by atoms with E-state index in [1.165, 1.54) is 0 Å². The van der Waals surface area contributed by atoms with Gasteiger partial charge in [0, 0.05) is 24.7 Å². The molecule has 1 fully saturated rings. The minimum atomic E-state index is -1.20. The highest BCUT2D eigenvalue weighted by Crippen LogP contribution is 2.24. The van der Waals surface area contributed by atoms with E-state index in [0.29, 0.717) is 18.9 Å². The molecular formula is C13H14N4O2. The summed E-state index contributed by atoms with van der Waals surface area (Å²) in [7, 11) is 0. The maximum Gasteiger partial charge on any atom is 0.325 e. The Kier molecular flexibility index (Phi) is 2.60. The second-order valence-electron chi connectivity index (χ2n) is 4.86. The molecule has 1 aromatic carbocycles. The highest BCUT2D eigenvalue weighted by atomic mass is 16.4. The van der Waals surface area contributed by atoms with Crippen molar-refractivity contribution in [3.63, 3.8) is 0 Å². The van der Waals surface area contributed by atoms with Gasteiger partial charge in [0.25, 0.3) is 0 Å². The van der Waals surface area contributed by atoms with Gasteiger partial charge in [-0.25, -0.2) is 9.97 Å². The lowest BCUT2D eigenvalue weighted by Crippen LogP contribution is -2.50. The summed E-state index contributed by atoms with van der Waals surface area (Å²) >= 11 is 0. The van der Waals surface area contributed by atoms with Crippen LogP contribution in [0.5, 0.6) is 0 Å². The summed E-state index contributed by atoms with van der Waals surface area (Å²) in [5, 5.41) is 10.1. The Morgan fingerprint density at radius 1 is 1.42 bits per heavy atom. The summed E-state index contributed by atoms with van der Waals surface area (Å²) in [5.74, 6) is -0.442. The van der Waals surface area contributed by atoms with Gasteiger partial charge in [0.1, 0.15) is 5.54 Å². The van der Waals surface area contributed by atoms with E-state index in [2.05, 4.69) is 9.97 Å². The molecule has 1 aliphatic rings. The highest BCUT2D eigenvalue weighted by molar-refractivity contribution is 5.81. The summed E-state index contributed by atoms with van der Waals surface area (Å²) in [6.07, 6.45) is 2.15. The molecule has 1 unspecified atom stereocenters. The highest BCUT2D eigenvalue weighted by Gasteiger charge is 2.42. The molecule has 3 N–H and O–H groups in total. The van der Waals surface area contributed by atoms with Crippen LogP contribution in [-0.2, 0) is 4.79 Å². The lowest BCUT2D eigenvalue weighted by atomic mass is 10.0. The Balaban J connectivity index is 1.92. The lowest BCUT2D eigenvalue weighted by Gasteiger charge is -2.20. The summed E-state index contributed by atoms with van der Waals surface area (Å²) in [6.45, 7) is 0.793. The number of benzene rings is 1. The zero-order chi connectivity index (χ0) is 13.5. The molecule has 19 heavy (non-hydrogen) atoms. The van der Waals surface area contributed by atoms with Crippen LogP contribution < -0.4 is 10.6 Å². The number of aromatic nitrogens is 2. The largest absolute Gasteiger partial charge is 0.480 e. The van der Waals surface area contributed by atoms with E-state index >= 15 is 0 Å². The van der Waals surface area contributed by atoms with Crippen LogP contribution >= 0.6 is 0 Å². The van der Waals surface area contributed by atoms with Crippen molar-refractivity contribution in [2.75, 3.05) is 18.0 Å². The Morgan fingerprint density at radius 2 is 2.21 bits per heavy atom. The number of nitrogens with two attached hydrogens (primary N) is 1. The number of rotatable bonds is 2. The molecule has 0 aliphatic carbocycles. The molecule has 2 aromatic rings. The van der Waals surface area contributed by atoms with Gasteiger partial charge in [-0.2, -0.15) is 0 Å². The Morgan fingerprint density at radius 3 is 2.95 bits per heavy atom. The standard InChI is InChI=1S/C13H14N4O2/c14-13(11(18)19)5-6-17(8-13)12-15-7-9-3-1-2-4-10(9)16-12/h1-4,7H,5-6,8,14H2,(H,18,19). The third kappa shape index (κ3) is 2.00. The van der Waals surface area contributed by atoms with Gasteiger partial charge in [0.15, 0.2) is 0 Å².